The molecule has 1 rings (SSSR count). The van der Waals surface area contributed by atoms with Crippen LogP contribution in [0.1, 0.15) is 15.9 Å². The highest BCUT2D eigenvalue weighted by molar-refractivity contribution is 5.89. The Labute approximate surface area is 68.6 Å². The Morgan fingerprint density at radius 2 is 2.42 bits per heavy atom. The van der Waals surface area contributed by atoms with Crippen LogP contribution in [0.2, 0.25) is 0 Å². The molecule has 1 aromatic heterocycles. The molecule has 12 heavy (non-hydrogen) atoms. The van der Waals surface area contributed by atoms with E-state index >= 15 is 0 Å². The molecule has 0 saturated carbocycles. The maximum absolute atomic E-state index is 10.5. The van der Waals surface area contributed by atoms with Crippen molar-refractivity contribution in [3.05, 3.63) is 17.3 Å². The van der Waals surface area contributed by atoms with E-state index in [1.807, 2.05) is 0 Å². The molecular formula is C7H9NO4. The molecule has 0 amide bonds. The molecular weight excluding hydrogens is 162 g/mol. The van der Waals surface area contributed by atoms with E-state index in [4.69, 9.17) is 14.9 Å². The summed E-state index contributed by atoms with van der Waals surface area (Å²) in [6.45, 7) is 0.0803. The van der Waals surface area contributed by atoms with E-state index in [0.717, 1.165) is 0 Å². The summed E-state index contributed by atoms with van der Waals surface area (Å²) in [5.41, 5.74) is 0.305. The number of carboxylic acid groups (broad SMARTS) is 1. The lowest BCUT2D eigenvalue weighted by molar-refractivity contribution is 0.0692. The lowest BCUT2D eigenvalue weighted by Gasteiger charge is -1.98. The summed E-state index contributed by atoms with van der Waals surface area (Å²) in [7, 11) is 1.43. The highest BCUT2D eigenvalue weighted by Crippen LogP contribution is 2.20. The molecule has 0 radical (unpaired) electrons. The fourth-order valence-electron chi connectivity index (χ4n) is 0.924. The van der Waals surface area contributed by atoms with Crippen LogP contribution in [0.3, 0.4) is 0 Å². The van der Waals surface area contributed by atoms with Gasteiger partial charge in [-0.25, -0.2) is 4.79 Å². The number of hydrogen-bond acceptors (Lipinski definition) is 3. The number of methoxy groups -OCH3 is 1. The zero-order valence-electron chi connectivity index (χ0n) is 6.50. The largest absolute Gasteiger partial charge is 0.494 e. The first-order valence-corrected chi connectivity index (χ1v) is 3.28. The van der Waals surface area contributed by atoms with Crippen LogP contribution >= 0.6 is 0 Å². The number of aromatic carboxylic acids is 1. The van der Waals surface area contributed by atoms with Crippen molar-refractivity contribution in [2.45, 2.75) is 6.61 Å². The van der Waals surface area contributed by atoms with Crippen molar-refractivity contribution in [2.75, 3.05) is 7.11 Å². The normalized spacial score (nSPS) is 10.1. The Hall–Kier alpha value is -1.49. The molecule has 0 spiro atoms. The molecule has 0 unspecified atom stereocenters. The van der Waals surface area contributed by atoms with Crippen molar-refractivity contribution in [2.24, 2.45) is 0 Å². The van der Waals surface area contributed by atoms with Gasteiger partial charge in [0.15, 0.2) is 5.88 Å². The summed E-state index contributed by atoms with van der Waals surface area (Å²) in [4.78, 5) is 12.9. The number of nitrogens with one attached hydrogen (secondary N) is 1. The highest BCUT2D eigenvalue weighted by atomic mass is 16.5. The number of rotatable bonds is 3. The summed E-state index contributed by atoms with van der Waals surface area (Å²) >= 11 is 0. The average molecular weight is 171 g/mol. The van der Waals surface area contributed by atoms with Crippen LogP contribution < -0.4 is 0 Å². The number of aromatic amines is 1. The number of carboxylic acids is 1. The summed E-state index contributed by atoms with van der Waals surface area (Å²) in [6, 6.07) is 0. The van der Waals surface area contributed by atoms with Crippen LogP contribution in [0, 0.1) is 0 Å². The molecule has 5 nitrogen and oxygen atoms in total. The molecule has 1 heterocycles. The number of ether oxygens (including phenoxy) is 1. The maximum atomic E-state index is 10.5. The highest BCUT2D eigenvalue weighted by Gasteiger charge is 2.15. The summed E-state index contributed by atoms with van der Waals surface area (Å²) < 4.78 is 4.71. The smallest absolute Gasteiger partial charge is 0.337 e. The predicted octanol–water partition coefficient (Wildman–Crippen LogP) is 0.565. The SMILES string of the molecule is COCc1c(C(=O)O)c[nH]c1O. The van der Waals surface area contributed by atoms with Gasteiger partial charge in [0.1, 0.15) is 0 Å². The molecule has 66 valence electrons. The van der Waals surface area contributed by atoms with E-state index in [1.54, 1.807) is 0 Å². The molecule has 0 aliphatic carbocycles. The third kappa shape index (κ3) is 1.40. The van der Waals surface area contributed by atoms with Crippen molar-refractivity contribution in [1.82, 2.24) is 4.98 Å². The van der Waals surface area contributed by atoms with Crippen molar-refractivity contribution in [3.8, 4) is 5.88 Å². The molecule has 0 atom stereocenters. The molecule has 0 bridgehead atoms. The van der Waals surface area contributed by atoms with Crippen LogP contribution in [0.15, 0.2) is 6.20 Å². The molecule has 0 saturated heterocycles. The van der Waals surface area contributed by atoms with Gasteiger partial charge < -0.3 is 19.9 Å². The van der Waals surface area contributed by atoms with E-state index < -0.39 is 5.97 Å². The first-order valence-electron chi connectivity index (χ1n) is 3.28. The van der Waals surface area contributed by atoms with Gasteiger partial charge in [-0.2, -0.15) is 0 Å². The molecule has 5 heteroatoms. The average Bonchev–Trinajstić information content (AvgIpc) is 2.34. The second-order valence-electron chi connectivity index (χ2n) is 2.27. The Morgan fingerprint density at radius 1 is 1.75 bits per heavy atom. The Morgan fingerprint density at radius 3 is 2.92 bits per heavy atom. The molecule has 3 N–H and O–H groups in total. The van der Waals surface area contributed by atoms with Gasteiger partial charge >= 0.3 is 5.97 Å². The minimum Gasteiger partial charge on any atom is -0.494 e. The molecule has 0 aliphatic rings. The van der Waals surface area contributed by atoms with Gasteiger partial charge in [-0.1, -0.05) is 0 Å². The number of aromatic hydroxyl groups is 1. The van der Waals surface area contributed by atoms with Crippen molar-refractivity contribution < 1.29 is 19.7 Å². The van der Waals surface area contributed by atoms with Gasteiger partial charge in [0.2, 0.25) is 0 Å². The number of hydrogen-bond donors (Lipinski definition) is 3. The van der Waals surface area contributed by atoms with Gasteiger partial charge in [-0.15, -0.1) is 0 Å². The number of H-pyrrole nitrogens is 1. The Balaban J connectivity index is 3.03. The fraction of sp³-hybridized carbons (Fsp3) is 0.286. The van der Waals surface area contributed by atoms with Gasteiger partial charge in [0.25, 0.3) is 0 Å². The van der Waals surface area contributed by atoms with Gasteiger partial charge in [0.05, 0.1) is 17.7 Å². The minimum absolute atomic E-state index is 0.0364. The van der Waals surface area contributed by atoms with E-state index in [2.05, 4.69) is 4.98 Å². The van der Waals surface area contributed by atoms with Crippen LogP contribution in [-0.4, -0.2) is 28.3 Å². The third-order valence-corrected chi connectivity index (χ3v) is 1.48. The second kappa shape index (κ2) is 3.27. The minimum atomic E-state index is -1.08. The third-order valence-electron chi connectivity index (χ3n) is 1.48. The van der Waals surface area contributed by atoms with Gasteiger partial charge in [0, 0.05) is 13.3 Å². The van der Waals surface area contributed by atoms with Crippen LogP contribution in [0.4, 0.5) is 0 Å². The number of aromatic nitrogens is 1. The lowest BCUT2D eigenvalue weighted by atomic mass is 10.2. The zero-order valence-corrected chi connectivity index (χ0v) is 6.50. The lowest BCUT2D eigenvalue weighted by Crippen LogP contribution is -1.99. The quantitative estimate of drug-likeness (QED) is 0.620. The van der Waals surface area contributed by atoms with Crippen molar-refractivity contribution in [1.29, 1.82) is 0 Å². The molecule has 0 aliphatic heterocycles. The molecule has 0 aromatic carbocycles. The molecule has 0 fully saturated rings. The zero-order chi connectivity index (χ0) is 9.14. The van der Waals surface area contributed by atoms with Crippen LogP contribution in [0.25, 0.3) is 0 Å². The van der Waals surface area contributed by atoms with Gasteiger partial charge in [-0.05, 0) is 0 Å². The summed E-state index contributed by atoms with van der Waals surface area (Å²) in [6.07, 6.45) is 1.23. The van der Waals surface area contributed by atoms with E-state index in [0.29, 0.717) is 0 Å². The first-order chi connectivity index (χ1) is 5.66. The Bertz CT molecular complexity index is 292. The Kier molecular flexibility index (Phi) is 2.35. The number of carbonyl (C=O) groups is 1. The van der Waals surface area contributed by atoms with Crippen LogP contribution in [-0.2, 0) is 11.3 Å². The first kappa shape index (κ1) is 8.61. The fourth-order valence-corrected chi connectivity index (χ4v) is 0.924. The predicted molar refractivity (Wildman–Crippen MR) is 40.1 cm³/mol. The summed E-state index contributed by atoms with van der Waals surface area (Å²) in [5.74, 6) is -1.24. The van der Waals surface area contributed by atoms with Crippen molar-refractivity contribution >= 4 is 5.97 Å². The standard InChI is InChI=1S/C7H9NO4/c1-12-3-5-4(7(10)11)2-8-6(5)9/h2,8-9H,3H2,1H3,(H,10,11). The van der Waals surface area contributed by atoms with E-state index in [-0.39, 0.29) is 23.6 Å². The topological polar surface area (TPSA) is 82.5 Å². The van der Waals surface area contributed by atoms with E-state index in [9.17, 15) is 4.79 Å². The monoisotopic (exact) mass is 171 g/mol. The second-order valence-corrected chi connectivity index (χ2v) is 2.27. The van der Waals surface area contributed by atoms with E-state index in [1.165, 1.54) is 13.3 Å². The van der Waals surface area contributed by atoms with Gasteiger partial charge in [-0.3, -0.25) is 0 Å². The van der Waals surface area contributed by atoms with Crippen molar-refractivity contribution in [3.63, 3.8) is 0 Å². The van der Waals surface area contributed by atoms with Crippen LogP contribution in [0.5, 0.6) is 5.88 Å². The maximum Gasteiger partial charge on any atom is 0.337 e. The summed E-state index contributed by atoms with van der Waals surface area (Å²) in [5, 5.41) is 17.7. The molecule has 1 aromatic rings.